The molecule has 0 amide bonds. The summed E-state index contributed by atoms with van der Waals surface area (Å²) in [7, 11) is 3.73. The van der Waals surface area contributed by atoms with E-state index in [0.29, 0.717) is 0 Å². The molecule has 0 bridgehead atoms. The Labute approximate surface area is 107 Å². The largest absolute Gasteiger partial charge is 0.376 e. The molecule has 1 N–H and O–H groups in total. The van der Waals surface area contributed by atoms with Crippen molar-refractivity contribution in [1.82, 2.24) is 15.1 Å². The molecular weight excluding hydrogens is 238 g/mol. The topological polar surface area (TPSA) is 39.1 Å². The van der Waals surface area contributed by atoms with Gasteiger partial charge in [0.15, 0.2) is 0 Å². The summed E-state index contributed by atoms with van der Waals surface area (Å²) < 4.78 is 7.69. The monoisotopic (exact) mass is 257 g/mol. The number of hydrogen-bond donors (Lipinski definition) is 1. The van der Waals surface area contributed by atoms with Gasteiger partial charge in [-0.2, -0.15) is 5.10 Å². The van der Waals surface area contributed by atoms with Crippen molar-refractivity contribution in [2.24, 2.45) is 0 Å². The highest BCUT2D eigenvalue weighted by atomic mass is 35.5. The van der Waals surface area contributed by atoms with Crippen LogP contribution in [0.5, 0.6) is 0 Å². The molecule has 4 nitrogen and oxygen atoms in total. The van der Waals surface area contributed by atoms with Crippen molar-refractivity contribution in [3.05, 3.63) is 16.9 Å². The smallest absolute Gasteiger partial charge is 0.0888 e. The zero-order chi connectivity index (χ0) is 12.5. The standard InChI is InChI=1S/C12H20ClN3O/c1-4-16-10(9(13)8-15-16)11(14-2)12(17-3)6-5-7-12/h8,11,14H,4-7H2,1-3H3. The Kier molecular flexibility index (Phi) is 3.76. The maximum atomic E-state index is 6.26. The van der Waals surface area contributed by atoms with Gasteiger partial charge in [-0.1, -0.05) is 11.6 Å². The van der Waals surface area contributed by atoms with Gasteiger partial charge in [0.05, 0.1) is 28.6 Å². The fraction of sp³-hybridized carbons (Fsp3) is 0.750. The molecule has 1 aliphatic rings. The van der Waals surface area contributed by atoms with E-state index in [1.54, 1.807) is 13.3 Å². The number of aromatic nitrogens is 2. The highest BCUT2D eigenvalue weighted by Crippen LogP contribution is 2.46. The quantitative estimate of drug-likeness (QED) is 0.880. The third-order valence-electron chi connectivity index (χ3n) is 3.83. The van der Waals surface area contributed by atoms with Crippen LogP contribution in [0.2, 0.25) is 5.02 Å². The molecule has 1 aliphatic carbocycles. The summed E-state index contributed by atoms with van der Waals surface area (Å²) in [6.07, 6.45) is 5.07. The normalized spacial score (nSPS) is 20.0. The van der Waals surface area contributed by atoms with Crippen LogP contribution in [-0.4, -0.2) is 29.5 Å². The Morgan fingerprint density at radius 1 is 1.65 bits per heavy atom. The number of nitrogens with zero attached hydrogens (tertiary/aromatic N) is 2. The fourth-order valence-corrected chi connectivity index (χ4v) is 2.95. The van der Waals surface area contributed by atoms with E-state index in [-0.39, 0.29) is 11.6 Å². The second-order valence-electron chi connectivity index (χ2n) is 4.54. The van der Waals surface area contributed by atoms with Crippen LogP contribution in [0.15, 0.2) is 6.20 Å². The zero-order valence-electron chi connectivity index (χ0n) is 10.7. The highest BCUT2D eigenvalue weighted by molar-refractivity contribution is 6.31. The summed E-state index contributed by atoms with van der Waals surface area (Å²) in [5.74, 6) is 0. The lowest BCUT2D eigenvalue weighted by atomic mass is 9.73. The summed E-state index contributed by atoms with van der Waals surface area (Å²) in [5, 5.41) is 8.36. The van der Waals surface area contributed by atoms with Gasteiger partial charge in [-0.25, -0.2) is 0 Å². The number of aryl methyl sites for hydroxylation is 1. The van der Waals surface area contributed by atoms with Crippen LogP contribution < -0.4 is 5.32 Å². The van der Waals surface area contributed by atoms with Crippen molar-refractivity contribution in [2.75, 3.05) is 14.2 Å². The fourth-order valence-electron chi connectivity index (χ4n) is 2.70. The predicted octanol–water partition coefficient (Wildman–Crippen LogP) is 2.39. The number of nitrogens with one attached hydrogen (secondary N) is 1. The molecule has 0 spiro atoms. The van der Waals surface area contributed by atoms with Gasteiger partial charge in [0.25, 0.3) is 0 Å². The molecule has 1 aromatic rings. The van der Waals surface area contributed by atoms with Crippen molar-refractivity contribution in [2.45, 2.75) is 44.4 Å². The van der Waals surface area contributed by atoms with Crippen molar-refractivity contribution in [1.29, 1.82) is 0 Å². The number of rotatable bonds is 5. The molecule has 96 valence electrons. The molecular formula is C12H20ClN3O. The van der Waals surface area contributed by atoms with Gasteiger partial charge in [0.1, 0.15) is 0 Å². The molecule has 0 radical (unpaired) electrons. The van der Waals surface area contributed by atoms with Crippen LogP contribution in [0.3, 0.4) is 0 Å². The minimum atomic E-state index is -0.120. The molecule has 17 heavy (non-hydrogen) atoms. The molecule has 0 aromatic carbocycles. The average Bonchev–Trinajstić information content (AvgIpc) is 2.65. The summed E-state index contributed by atoms with van der Waals surface area (Å²) in [6.45, 7) is 2.89. The van der Waals surface area contributed by atoms with Crippen LogP contribution in [0.4, 0.5) is 0 Å². The molecule has 1 unspecified atom stereocenters. The van der Waals surface area contributed by atoms with Gasteiger partial charge in [-0.15, -0.1) is 0 Å². The zero-order valence-corrected chi connectivity index (χ0v) is 11.4. The Morgan fingerprint density at radius 2 is 2.35 bits per heavy atom. The summed E-state index contributed by atoms with van der Waals surface area (Å²) in [6, 6.07) is 0.108. The molecule has 2 rings (SSSR count). The van der Waals surface area contributed by atoms with Gasteiger partial charge in [-0.3, -0.25) is 4.68 Å². The van der Waals surface area contributed by atoms with Crippen molar-refractivity contribution >= 4 is 11.6 Å². The lowest BCUT2D eigenvalue weighted by Gasteiger charge is -2.46. The van der Waals surface area contributed by atoms with E-state index in [4.69, 9.17) is 16.3 Å². The SMILES string of the molecule is CCn1ncc(Cl)c1C(NC)C1(OC)CCC1. The minimum Gasteiger partial charge on any atom is -0.376 e. The Hall–Kier alpha value is -0.580. The van der Waals surface area contributed by atoms with Gasteiger partial charge >= 0.3 is 0 Å². The van der Waals surface area contributed by atoms with Crippen LogP contribution in [0.25, 0.3) is 0 Å². The van der Waals surface area contributed by atoms with Crippen molar-refractivity contribution < 1.29 is 4.74 Å². The minimum absolute atomic E-state index is 0.108. The molecule has 0 saturated heterocycles. The number of methoxy groups -OCH3 is 1. The van der Waals surface area contributed by atoms with Crippen LogP contribution >= 0.6 is 11.6 Å². The van der Waals surface area contributed by atoms with E-state index in [1.807, 2.05) is 11.7 Å². The molecule has 1 saturated carbocycles. The Morgan fingerprint density at radius 3 is 2.76 bits per heavy atom. The number of hydrogen-bond acceptors (Lipinski definition) is 3. The first-order valence-corrected chi connectivity index (χ1v) is 6.50. The molecule has 1 aromatic heterocycles. The summed E-state index contributed by atoms with van der Waals surface area (Å²) >= 11 is 6.26. The van der Waals surface area contributed by atoms with Crippen LogP contribution in [-0.2, 0) is 11.3 Å². The van der Waals surface area contributed by atoms with Crippen molar-refractivity contribution in [3.63, 3.8) is 0 Å². The van der Waals surface area contributed by atoms with Gasteiger partial charge in [0.2, 0.25) is 0 Å². The first-order chi connectivity index (χ1) is 8.18. The first kappa shape index (κ1) is 12.9. The third-order valence-corrected chi connectivity index (χ3v) is 4.12. The molecule has 5 heteroatoms. The van der Waals surface area contributed by atoms with E-state index in [1.165, 1.54) is 6.42 Å². The molecule has 0 aliphatic heterocycles. The third kappa shape index (κ3) is 1.98. The van der Waals surface area contributed by atoms with E-state index in [0.717, 1.165) is 30.1 Å². The van der Waals surface area contributed by atoms with E-state index >= 15 is 0 Å². The van der Waals surface area contributed by atoms with E-state index in [2.05, 4.69) is 17.3 Å². The first-order valence-electron chi connectivity index (χ1n) is 6.12. The van der Waals surface area contributed by atoms with Crippen LogP contribution in [0, 0.1) is 0 Å². The predicted molar refractivity (Wildman–Crippen MR) is 68.3 cm³/mol. The number of ether oxygens (including phenoxy) is 1. The average molecular weight is 258 g/mol. The molecule has 1 atom stereocenters. The number of halogens is 1. The maximum Gasteiger partial charge on any atom is 0.0888 e. The van der Waals surface area contributed by atoms with Crippen LogP contribution in [0.1, 0.15) is 37.9 Å². The second-order valence-corrected chi connectivity index (χ2v) is 4.94. The van der Waals surface area contributed by atoms with Gasteiger partial charge in [-0.05, 0) is 33.2 Å². The van der Waals surface area contributed by atoms with Gasteiger partial charge in [0, 0.05) is 13.7 Å². The highest BCUT2D eigenvalue weighted by Gasteiger charge is 2.46. The Bertz CT molecular complexity index is 382. The lowest BCUT2D eigenvalue weighted by Crippen LogP contribution is -2.50. The Balaban J connectivity index is 2.37. The van der Waals surface area contributed by atoms with E-state index < -0.39 is 0 Å². The molecule has 1 fully saturated rings. The number of likely N-dealkylation sites (N-methyl/N-ethyl adjacent to an activating group) is 1. The lowest BCUT2D eigenvalue weighted by molar-refractivity contribution is -0.0999. The van der Waals surface area contributed by atoms with Crippen molar-refractivity contribution in [3.8, 4) is 0 Å². The molecule has 1 heterocycles. The second kappa shape index (κ2) is 4.96. The maximum absolute atomic E-state index is 6.26. The summed E-state index contributed by atoms with van der Waals surface area (Å²) in [4.78, 5) is 0. The van der Waals surface area contributed by atoms with E-state index in [9.17, 15) is 0 Å². The summed E-state index contributed by atoms with van der Waals surface area (Å²) in [5.41, 5.74) is 0.920. The van der Waals surface area contributed by atoms with Gasteiger partial charge < -0.3 is 10.1 Å².